The fraction of sp³-hybridized carbons (Fsp3) is 0.300. The normalized spacial score (nSPS) is 16.7. The average molecular weight is 825 g/mol. The molecule has 1 aliphatic carbocycles. The number of fused-ring (bicyclic) bond motifs is 2. The molecule has 0 radical (unpaired) electrons. The Balaban J connectivity index is 1.25. The van der Waals surface area contributed by atoms with E-state index >= 15 is 0 Å². The Kier molecular flexibility index (Phi) is 13.8. The summed E-state index contributed by atoms with van der Waals surface area (Å²) in [5.74, 6) is -1.64. The van der Waals surface area contributed by atoms with Crippen LogP contribution in [0.15, 0.2) is 122 Å². The van der Waals surface area contributed by atoms with E-state index in [1.54, 1.807) is 63.8 Å². The maximum atomic E-state index is 14.9. The van der Waals surface area contributed by atoms with Crippen LogP contribution in [0.5, 0.6) is 28.7 Å². The minimum atomic E-state index is -1.13. The predicted octanol–water partition coefficient (Wildman–Crippen LogP) is 6.94. The van der Waals surface area contributed by atoms with Gasteiger partial charge in [0.1, 0.15) is 18.3 Å². The minimum Gasteiger partial charge on any atom is -0.670 e. The van der Waals surface area contributed by atoms with Crippen LogP contribution in [0.2, 0.25) is 0 Å². The molecule has 11 heteroatoms. The van der Waals surface area contributed by atoms with Gasteiger partial charge in [-0.3, -0.25) is 10.1 Å². The molecule has 1 heterocycles. The number of aromatic nitrogens is 1. The van der Waals surface area contributed by atoms with E-state index in [-0.39, 0.29) is 60.2 Å². The Morgan fingerprint density at radius 2 is 1.64 bits per heavy atom. The molecule has 0 amide bonds. The number of aliphatic hydroxyl groups excluding tert-OH is 2. The van der Waals surface area contributed by atoms with Gasteiger partial charge in [-0.25, -0.2) is 0 Å². The van der Waals surface area contributed by atoms with Gasteiger partial charge >= 0.3 is 0 Å². The molecular weight excluding hydrogens is 771 g/mol. The molecule has 6 unspecified atom stereocenters. The van der Waals surface area contributed by atoms with Crippen molar-refractivity contribution in [2.24, 2.45) is 5.92 Å². The number of Topliss-reactive ketones (excluding diaryl/α,β-unsaturated/α-hetero) is 1. The topological polar surface area (TPSA) is 175 Å². The summed E-state index contributed by atoms with van der Waals surface area (Å²) in [4.78, 5) is 19.2. The van der Waals surface area contributed by atoms with Crippen molar-refractivity contribution in [1.82, 2.24) is 15.6 Å². The molecule has 0 saturated carbocycles. The van der Waals surface area contributed by atoms with Gasteiger partial charge in [0.2, 0.25) is 0 Å². The number of rotatable bonds is 19. The van der Waals surface area contributed by atoms with E-state index in [4.69, 9.17) is 9.47 Å². The molecule has 0 saturated heterocycles. The maximum absolute atomic E-state index is 14.9. The van der Waals surface area contributed by atoms with Crippen molar-refractivity contribution in [2.45, 2.75) is 62.7 Å². The molecule has 0 spiro atoms. The number of hydrogen-bond acceptors (Lipinski definition) is 10. The van der Waals surface area contributed by atoms with Gasteiger partial charge in [0, 0.05) is 42.8 Å². The number of phenols is 3. The Labute approximate surface area is 356 Å². The van der Waals surface area contributed by atoms with Crippen molar-refractivity contribution in [2.75, 3.05) is 27.4 Å². The number of carbonyl (C=O) groups excluding carboxylic acids is 1. The van der Waals surface area contributed by atoms with E-state index < -0.39 is 24.0 Å². The molecule has 7 N–H and O–H groups in total. The lowest BCUT2D eigenvalue weighted by Crippen LogP contribution is -2.33. The summed E-state index contributed by atoms with van der Waals surface area (Å²) in [6.07, 6.45) is 6.42. The second-order valence-corrected chi connectivity index (χ2v) is 16.0. The largest absolute Gasteiger partial charge is 0.670 e. The van der Waals surface area contributed by atoms with Crippen molar-refractivity contribution in [3.8, 4) is 28.7 Å². The molecule has 1 aromatic heterocycles. The quantitative estimate of drug-likeness (QED) is 0.0256. The highest BCUT2D eigenvalue weighted by atomic mass is 16.5. The molecule has 0 bridgehead atoms. The maximum Gasteiger partial charge on any atom is 0.164 e. The lowest BCUT2D eigenvalue weighted by Gasteiger charge is -2.36. The molecule has 11 nitrogen and oxygen atoms in total. The summed E-state index contributed by atoms with van der Waals surface area (Å²) in [7, 11) is 3.35. The van der Waals surface area contributed by atoms with Gasteiger partial charge in [-0.05, 0) is 102 Å². The van der Waals surface area contributed by atoms with Crippen LogP contribution in [-0.2, 0) is 24.2 Å². The number of benzene rings is 5. The molecule has 5 aromatic carbocycles. The number of hydrogen-bond donors (Lipinski definition) is 7. The smallest absolute Gasteiger partial charge is 0.164 e. The summed E-state index contributed by atoms with van der Waals surface area (Å²) < 4.78 is 11.7. The van der Waals surface area contributed by atoms with Crippen molar-refractivity contribution >= 4 is 16.6 Å². The number of aliphatic hydroxyl groups is 2. The van der Waals surface area contributed by atoms with Crippen LogP contribution in [0.1, 0.15) is 70.0 Å². The minimum absolute atomic E-state index is 0.0125. The Bertz CT molecular complexity index is 2460. The zero-order valence-electron chi connectivity index (χ0n) is 34.7. The first-order chi connectivity index (χ1) is 29.5. The summed E-state index contributed by atoms with van der Waals surface area (Å²) >= 11 is 0. The van der Waals surface area contributed by atoms with E-state index in [1.165, 1.54) is 6.07 Å². The summed E-state index contributed by atoms with van der Waals surface area (Å²) in [5, 5.41) is 63.0. The fourth-order valence-electron chi connectivity index (χ4n) is 8.79. The fourth-order valence-corrected chi connectivity index (χ4v) is 8.79. The number of carbonyl (C=O) groups is 1. The number of ketones is 1. The number of aromatic hydroxyl groups is 3. The number of ether oxygens (including phenoxy) is 2. The van der Waals surface area contributed by atoms with Crippen molar-refractivity contribution in [3.05, 3.63) is 161 Å². The number of nitrogens with one attached hydrogen (secondary N) is 2. The SMILES string of the molecule is CNCc1cc(O)cc(C(Cc2ccc(O)c(OCNCC(C)O)c2)C(=O)CC(O)C(Cc2cc[n-]c2)C2C=CC(c3cccc4ccccc34)c3c2ccc(O)c3OC)c1. The Hall–Kier alpha value is -6.11. The van der Waals surface area contributed by atoms with Gasteiger partial charge in [0.25, 0.3) is 0 Å². The third-order valence-corrected chi connectivity index (χ3v) is 11.6. The standard InChI is InChI=1S/C50H54N3O8/c1-30(54)26-53-29-61-48-23-31(11-15-44(48)56)21-42(35-19-33(27-51-2)20-36(55)24-35)46(58)25-47(59)43(22-32-17-18-52-28-32)39-12-13-40(49-41(39)14-16-45(57)50(49)60-3)38-10-6-8-34-7-4-5-9-37(34)38/h4-20,23-24,28,30,39-40,42-43,47,51,53-57,59H,21-22,25-27,29H2,1-3H3/q-1. The van der Waals surface area contributed by atoms with Crippen LogP contribution in [0.25, 0.3) is 10.8 Å². The zero-order valence-corrected chi connectivity index (χ0v) is 34.7. The predicted molar refractivity (Wildman–Crippen MR) is 236 cm³/mol. The molecule has 6 aromatic rings. The van der Waals surface area contributed by atoms with Crippen LogP contribution in [-0.4, -0.2) is 71.0 Å². The van der Waals surface area contributed by atoms with E-state index in [0.29, 0.717) is 36.4 Å². The van der Waals surface area contributed by atoms with E-state index in [0.717, 1.165) is 38.6 Å². The van der Waals surface area contributed by atoms with Crippen LogP contribution in [0.4, 0.5) is 0 Å². The highest BCUT2D eigenvalue weighted by molar-refractivity contribution is 5.88. The first kappa shape index (κ1) is 43.0. The second-order valence-electron chi connectivity index (χ2n) is 16.0. The third-order valence-electron chi connectivity index (χ3n) is 11.6. The Morgan fingerprint density at radius 3 is 2.41 bits per heavy atom. The summed E-state index contributed by atoms with van der Waals surface area (Å²) in [5.41, 5.74) is 5.73. The van der Waals surface area contributed by atoms with Gasteiger partial charge in [-0.15, -0.1) is 0 Å². The monoisotopic (exact) mass is 824 g/mol. The molecule has 61 heavy (non-hydrogen) atoms. The van der Waals surface area contributed by atoms with Gasteiger partial charge in [0.15, 0.2) is 23.0 Å². The van der Waals surface area contributed by atoms with Crippen molar-refractivity contribution < 1.29 is 39.8 Å². The zero-order chi connectivity index (χ0) is 43.0. The van der Waals surface area contributed by atoms with Crippen LogP contribution < -0.4 is 25.1 Å². The number of phenolic OH excluding ortho intramolecular Hbond substituents is 3. The number of methoxy groups -OCH3 is 1. The molecule has 7 rings (SSSR count). The lowest BCUT2D eigenvalue weighted by molar-refractivity contribution is -0.123. The molecule has 6 atom stereocenters. The highest BCUT2D eigenvalue weighted by Crippen LogP contribution is 2.50. The highest BCUT2D eigenvalue weighted by Gasteiger charge is 2.38. The Morgan fingerprint density at radius 1 is 0.836 bits per heavy atom. The van der Waals surface area contributed by atoms with Crippen molar-refractivity contribution in [1.29, 1.82) is 0 Å². The first-order valence-electron chi connectivity index (χ1n) is 20.7. The molecule has 0 fully saturated rings. The van der Waals surface area contributed by atoms with Gasteiger partial charge in [0.05, 0.1) is 19.3 Å². The second kappa shape index (κ2) is 19.5. The van der Waals surface area contributed by atoms with Gasteiger partial charge < -0.3 is 45.3 Å². The van der Waals surface area contributed by atoms with Crippen LogP contribution in [0.3, 0.4) is 0 Å². The van der Waals surface area contributed by atoms with Crippen molar-refractivity contribution in [3.63, 3.8) is 0 Å². The van der Waals surface area contributed by atoms with E-state index in [9.17, 15) is 30.3 Å². The van der Waals surface area contributed by atoms with Crippen LogP contribution in [0, 0.1) is 5.92 Å². The molecular formula is C50H54N3O8-. The van der Waals surface area contributed by atoms with E-state index in [2.05, 4.69) is 52.0 Å². The lowest BCUT2D eigenvalue weighted by atomic mass is 9.69. The van der Waals surface area contributed by atoms with E-state index in [1.807, 2.05) is 36.4 Å². The average Bonchev–Trinajstić information content (AvgIpc) is 3.77. The van der Waals surface area contributed by atoms with Crippen LogP contribution >= 0.6 is 0 Å². The molecule has 0 aliphatic heterocycles. The molecule has 318 valence electrons. The van der Waals surface area contributed by atoms with Gasteiger partial charge in [-0.1, -0.05) is 84.4 Å². The first-order valence-corrected chi connectivity index (χ1v) is 20.7. The summed E-state index contributed by atoms with van der Waals surface area (Å²) in [6.45, 7) is 2.46. The summed E-state index contributed by atoms with van der Waals surface area (Å²) in [6, 6.07) is 29.9. The number of allylic oxidation sites excluding steroid dienone is 2. The van der Waals surface area contributed by atoms with Gasteiger partial charge in [-0.2, -0.15) is 12.4 Å². The number of nitrogens with zero attached hydrogens (tertiary/aromatic N) is 1. The third kappa shape index (κ3) is 9.93. The molecule has 1 aliphatic rings.